The van der Waals surface area contributed by atoms with Crippen molar-refractivity contribution in [3.63, 3.8) is 0 Å². The predicted molar refractivity (Wildman–Crippen MR) is 69.7 cm³/mol. The standard InChI is InChI=1S/C14H13N3O2/c1-9(2)13-7-12(17-19-13)14(18)16-11-5-3-10(8-15)4-6-11/h3-7,9H,1-2H3,(H,16,18). The van der Waals surface area contributed by atoms with Crippen molar-refractivity contribution in [2.45, 2.75) is 19.8 Å². The summed E-state index contributed by atoms with van der Waals surface area (Å²) >= 11 is 0. The molecule has 1 N–H and O–H groups in total. The molecule has 0 saturated carbocycles. The fourth-order valence-corrected chi connectivity index (χ4v) is 1.49. The molecule has 2 rings (SSSR count). The average molecular weight is 255 g/mol. The number of rotatable bonds is 3. The van der Waals surface area contributed by atoms with E-state index in [2.05, 4.69) is 10.5 Å². The van der Waals surface area contributed by atoms with Crippen LogP contribution in [-0.4, -0.2) is 11.1 Å². The van der Waals surface area contributed by atoms with Gasteiger partial charge in [0, 0.05) is 17.7 Å². The van der Waals surface area contributed by atoms with E-state index < -0.39 is 0 Å². The molecule has 0 aliphatic carbocycles. The molecule has 0 atom stereocenters. The van der Waals surface area contributed by atoms with Crippen molar-refractivity contribution < 1.29 is 9.32 Å². The highest BCUT2D eigenvalue weighted by Crippen LogP contribution is 2.16. The third-order valence-electron chi connectivity index (χ3n) is 2.60. The first-order chi connectivity index (χ1) is 9.10. The summed E-state index contributed by atoms with van der Waals surface area (Å²) in [6.45, 7) is 3.92. The zero-order valence-electron chi connectivity index (χ0n) is 10.7. The third kappa shape index (κ3) is 2.99. The molecule has 2 aromatic rings. The topological polar surface area (TPSA) is 78.9 Å². The Morgan fingerprint density at radius 2 is 2.05 bits per heavy atom. The zero-order valence-corrected chi connectivity index (χ0v) is 10.7. The maximum atomic E-state index is 11.9. The quantitative estimate of drug-likeness (QED) is 0.914. The van der Waals surface area contributed by atoms with Gasteiger partial charge in [-0.05, 0) is 24.3 Å². The molecule has 0 aliphatic rings. The van der Waals surface area contributed by atoms with Crippen LogP contribution in [0.2, 0.25) is 0 Å². The Morgan fingerprint density at radius 1 is 1.37 bits per heavy atom. The van der Waals surface area contributed by atoms with E-state index in [1.165, 1.54) is 0 Å². The van der Waals surface area contributed by atoms with Crippen LogP contribution in [0.4, 0.5) is 5.69 Å². The van der Waals surface area contributed by atoms with E-state index in [-0.39, 0.29) is 17.5 Å². The second-order valence-corrected chi connectivity index (χ2v) is 4.41. The maximum absolute atomic E-state index is 11.9. The number of carbonyl (C=O) groups excluding carboxylic acids is 1. The van der Waals surface area contributed by atoms with Gasteiger partial charge >= 0.3 is 0 Å². The first kappa shape index (κ1) is 12.8. The number of hydrogen-bond donors (Lipinski definition) is 1. The smallest absolute Gasteiger partial charge is 0.277 e. The van der Waals surface area contributed by atoms with Crippen LogP contribution in [0.1, 0.15) is 41.6 Å². The number of hydrogen-bond acceptors (Lipinski definition) is 4. The van der Waals surface area contributed by atoms with Crippen molar-refractivity contribution in [3.8, 4) is 6.07 Å². The molecule has 1 heterocycles. The monoisotopic (exact) mass is 255 g/mol. The van der Waals surface area contributed by atoms with Crippen molar-refractivity contribution in [2.75, 3.05) is 5.32 Å². The molecule has 5 heteroatoms. The van der Waals surface area contributed by atoms with Gasteiger partial charge in [-0.3, -0.25) is 4.79 Å². The fourth-order valence-electron chi connectivity index (χ4n) is 1.49. The number of nitrogens with zero attached hydrogens (tertiary/aromatic N) is 2. The summed E-state index contributed by atoms with van der Waals surface area (Å²) in [5.74, 6) is 0.522. The fraction of sp³-hybridized carbons (Fsp3) is 0.214. The first-order valence-electron chi connectivity index (χ1n) is 5.88. The molecule has 0 fully saturated rings. The second-order valence-electron chi connectivity index (χ2n) is 4.41. The molecule has 96 valence electrons. The Balaban J connectivity index is 2.09. The van der Waals surface area contributed by atoms with Gasteiger partial charge in [-0.15, -0.1) is 0 Å². The number of anilines is 1. The first-order valence-corrected chi connectivity index (χ1v) is 5.88. The summed E-state index contributed by atoms with van der Waals surface area (Å²) in [5.41, 5.74) is 1.40. The number of aromatic nitrogens is 1. The minimum Gasteiger partial charge on any atom is -0.360 e. The highest BCUT2D eigenvalue weighted by molar-refractivity contribution is 6.02. The van der Waals surface area contributed by atoms with Crippen LogP contribution >= 0.6 is 0 Å². The minimum atomic E-state index is -0.333. The summed E-state index contributed by atoms with van der Waals surface area (Å²) in [5, 5.41) is 15.1. The molecule has 19 heavy (non-hydrogen) atoms. The number of benzene rings is 1. The lowest BCUT2D eigenvalue weighted by molar-refractivity contribution is 0.101. The van der Waals surface area contributed by atoms with Gasteiger partial charge in [-0.25, -0.2) is 0 Å². The van der Waals surface area contributed by atoms with Crippen LogP contribution < -0.4 is 5.32 Å². The summed E-state index contributed by atoms with van der Waals surface area (Å²) in [7, 11) is 0. The molecular weight excluding hydrogens is 242 g/mol. The van der Waals surface area contributed by atoms with Gasteiger partial charge in [-0.1, -0.05) is 19.0 Å². The van der Waals surface area contributed by atoms with Crippen molar-refractivity contribution in [1.82, 2.24) is 5.16 Å². The SMILES string of the molecule is CC(C)c1cc(C(=O)Nc2ccc(C#N)cc2)no1. The Hall–Kier alpha value is -2.61. The van der Waals surface area contributed by atoms with Crippen molar-refractivity contribution in [2.24, 2.45) is 0 Å². The normalized spacial score (nSPS) is 10.2. The van der Waals surface area contributed by atoms with Gasteiger partial charge in [-0.2, -0.15) is 5.26 Å². The molecule has 0 saturated heterocycles. The van der Waals surface area contributed by atoms with Crippen LogP contribution in [-0.2, 0) is 0 Å². The molecule has 0 bridgehead atoms. The Bertz CT molecular complexity index is 621. The van der Waals surface area contributed by atoms with Crippen LogP contribution in [0.5, 0.6) is 0 Å². The van der Waals surface area contributed by atoms with E-state index in [0.29, 0.717) is 17.0 Å². The Morgan fingerprint density at radius 3 is 2.58 bits per heavy atom. The van der Waals surface area contributed by atoms with Crippen LogP contribution in [0, 0.1) is 11.3 Å². The van der Waals surface area contributed by atoms with Crippen LogP contribution in [0.25, 0.3) is 0 Å². The van der Waals surface area contributed by atoms with E-state index in [1.807, 2.05) is 19.9 Å². The summed E-state index contributed by atoms with van der Waals surface area (Å²) in [6.07, 6.45) is 0. The number of nitrogens with one attached hydrogen (secondary N) is 1. The van der Waals surface area contributed by atoms with Gasteiger partial charge in [0.2, 0.25) is 0 Å². The Labute approximate surface area is 110 Å². The van der Waals surface area contributed by atoms with Gasteiger partial charge in [0.1, 0.15) is 5.76 Å². The number of amides is 1. The molecule has 1 aromatic heterocycles. The summed E-state index contributed by atoms with van der Waals surface area (Å²) in [6, 6.07) is 10.3. The van der Waals surface area contributed by atoms with Crippen molar-refractivity contribution in [1.29, 1.82) is 5.26 Å². The lowest BCUT2D eigenvalue weighted by atomic mass is 10.1. The molecule has 5 nitrogen and oxygen atoms in total. The third-order valence-corrected chi connectivity index (χ3v) is 2.60. The van der Waals surface area contributed by atoms with Gasteiger partial charge in [0.25, 0.3) is 5.91 Å². The number of carbonyl (C=O) groups is 1. The van der Waals surface area contributed by atoms with Crippen molar-refractivity contribution in [3.05, 3.63) is 47.3 Å². The number of nitriles is 1. The molecule has 0 spiro atoms. The van der Waals surface area contributed by atoms with Gasteiger partial charge in [0.15, 0.2) is 5.69 Å². The molecule has 1 aromatic carbocycles. The molecule has 0 unspecified atom stereocenters. The zero-order chi connectivity index (χ0) is 13.8. The van der Waals surface area contributed by atoms with Crippen LogP contribution in [0.15, 0.2) is 34.9 Å². The van der Waals surface area contributed by atoms with Gasteiger partial charge in [0.05, 0.1) is 11.6 Å². The second kappa shape index (κ2) is 5.36. The van der Waals surface area contributed by atoms with Crippen LogP contribution in [0.3, 0.4) is 0 Å². The summed E-state index contributed by atoms with van der Waals surface area (Å²) < 4.78 is 5.07. The minimum absolute atomic E-state index is 0.184. The maximum Gasteiger partial charge on any atom is 0.277 e. The van der Waals surface area contributed by atoms with Crippen molar-refractivity contribution >= 4 is 11.6 Å². The predicted octanol–water partition coefficient (Wildman–Crippen LogP) is 2.92. The average Bonchev–Trinajstić information content (AvgIpc) is 2.89. The molecular formula is C14H13N3O2. The van der Waals surface area contributed by atoms with Gasteiger partial charge < -0.3 is 9.84 Å². The highest BCUT2D eigenvalue weighted by Gasteiger charge is 2.14. The molecule has 0 radical (unpaired) electrons. The largest absolute Gasteiger partial charge is 0.360 e. The van der Waals surface area contributed by atoms with E-state index in [4.69, 9.17) is 9.78 Å². The van der Waals surface area contributed by atoms with E-state index in [9.17, 15) is 4.79 Å². The lowest BCUT2D eigenvalue weighted by Gasteiger charge is -2.01. The Kier molecular flexibility index (Phi) is 3.62. The van der Waals surface area contributed by atoms with E-state index in [1.54, 1.807) is 30.3 Å². The molecule has 1 amide bonds. The molecule has 0 aliphatic heterocycles. The van der Waals surface area contributed by atoms with E-state index >= 15 is 0 Å². The summed E-state index contributed by atoms with van der Waals surface area (Å²) in [4.78, 5) is 11.9. The highest BCUT2D eigenvalue weighted by atomic mass is 16.5. The van der Waals surface area contributed by atoms with E-state index in [0.717, 1.165) is 0 Å². The lowest BCUT2D eigenvalue weighted by Crippen LogP contribution is -2.12.